The first kappa shape index (κ1) is 19.8. The van der Waals surface area contributed by atoms with Crippen LogP contribution < -0.4 is 4.74 Å². The summed E-state index contributed by atoms with van der Waals surface area (Å²) in [5, 5.41) is 0. The van der Waals surface area contributed by atoms with E-state index in [0.717, 1.165) is 16.7 Å². The summed E-state index contributed by atoms with van der Waals surface area (Å²) in [6.45, 7) is 0. The molecule has 0 radical (unpaired) electrons. The van der Waals surface area contributed by atoms with Gasteiger partial charge in [-0.15, -0.1) is 0 Å². The van der Waals surface area contributed by atoms with Gasteiger partial charge in [0.1, 0.15) is 20.0 Å². The topological polar surface area (TPSA) is 26.3 Å². The van der Waals surface area contributed by atoms with Gasteiger partial charge in [0.05, 0.1) is 0 Å². The average Bonchev–Trinajstić information content (AvgIpc) is 2.82. The number of hydrogen-bond acceptors (Lipinski definition) is 2. The summed E-state index contributed by atoms with van der Waals surface area (Å²) in [5.74, 6) is 0.499. The summed E-state index contributed by atoms with van der Waals surface area (Å²) in [5.41, 5.74) is 1.91. The number of benzene rings is 4. The monoisotopic (exact) mass is 409 g/mol. The summed E-state index contributed by atoms with van der Waals surface area (Å²) in [6.07, 6.45) is 0. The van der Waals surface area contributed by atoms with Crippen molar-refractivity contribution < 1.29 is 9.53 Å². The molecule has 4 rings (SSSR count). The normalized spacial score (nSPS) is 10.9. The van der Waals surface area contributed by atoms with E-state index < -0.39 is 5.41 Å². The van der Waals surface area contributed by atoms with Crippen LogP contribution in [0.5, 0.6) is 5.75 Å². The molecule has 0 aromatic heterocycles. The van der Waals surface area contributed by atoms with Gasteiger partial charge in [0.2, 0.25) is 0 Å². The smallest absolute Gasteiger partial charge is 0.338 e. The molecule has 0 bridgehead atoms. The van der Waals surface area contributed by atoms with E-state index in [2.05, 4.69) is 8.86 Å². The molecule has 1 unspecified atom stereocenters. The first-order valence-electron chi connectivity index (χ1n) is 9.79. The quantitative estimate of drug-likeness (QED) is 0.290. The molecule has 0 amide bonds. The van der Waals surface area contributed by atoms with E-state index in [0.29, 0.717) is 5.75 Å². The van der Waals surface area contributed by atoms with Crippen LogP contribution in [-0.2, 0) is 10.2 Å². The highest BCUT2D eigenvalue weighted by Gasteiger charge is 2.47. The molecule has 0 aliphatic heterocycles. The lowest BCUT2D eigenvalue weighted by Gasteiger charge is -2.33. The van der Waals surface area contributed by atoms with Crippen molar-refractivity contribution in [2.75, 3.05) is 0 Å². The molecule has 3 heteroatoms. The summed E-state index contributed by atoms with van der Waals surface area (Å²) >= 11 is 0. The van der Waals surface area contributed by atoms with Gasteiger partial charge in [-0.3, -0.25) is 4.79 Å². The van der Waals surface area contributed by atoms with Crippen molar-refractivity contribution in [2.24, 2.45) is 0 Å². The fourth-order valence-corrected chi connectivity index (χ4v) is 4.16. The lowest BCUT2D eigenvalue weighted by Crippen LogP contribution is -2.43. The van der Waals surface area contributed by atoms with Gasteiger partial charge < -0.3 is 4.74 Å². The molecular weight excluding hydrogens is 387 g/mol. The van der Waals surface area contributed by atoms with Crippen LogP contribution in [0.3, 0.4) is 0 Å². The SMILES string of the molecule is O=C(C(=[PH2+])Oc1ccccc1)C(c1ccccc1)(c1ccccc1)c1ccccc1. The predicted octanol–water partition coefficient (Wildman–Crippen LogP) is 5.67. The number of ether oxygens (including phenoxy) is 1. The number of carbonyl (C=O) groups excluding carboxylic acids is 1. The van der Waals surface area contributed by atoms with Gasteiger partial charge in [0.15, 0.2) is 0 Å². The first-order chi connectivity index (χ1) is 14.7. The molecule has 0 fully saturated rings. The Morgan fingerprint density at radius 1 is 0.567 bits per heavy atom. The van der Waals surface area contributed by atoms with Crippen LogP contribution in [0.1, 0.15) is 16.7 Å². The van der Waals surface area contributed by atoms with E-state index in [9.17, 15) is 4.79 Å². The molecule has 1 atom stereocenters. The Kier molecular flexibility index (Phi) is 5.88. The molecule has 0 saturated carbocycles. The predicted molar refractivity (Wildman–Crippen MR) is 126 cm³/mol. The third-order valence-electron chi connectivity index (χ3n) is 5.16. The summed E-state index contributed by atoms with van der Waals surface area (Å²) in [6, 6.07) is 39.0. The van der Waals surface area contributed by atoms with E-state index in [4.69, 9.17) is 4.74 Å². The minimum absolute atomic E-state index is 0.125. The highest BCUT2D eigenvalue weighted by molar-refractivity contribution is 7.25. The molecule has 0 spiro atoms. The van der Waals surface area contributed by atoms with Crippen LogP contribution in [0.4, 0.5) is 0 Å². The minimum Gasteiger partial charge on any atom is -0.419 e. The number of hydrogen-bond donors (Lipinski definition) is 0. The zero-order valence-corrected chi connectivity index (χ0v) is 17.6. The molecule has 0 N–H and O–H groups in total. The number of para-hydroxylation sites is 1. The second kappa shape index (κ2) is 8.90. The molecule has 146 valence electrons. The van der Waals surface area contributed by atoms with Gasteiger partial charge >= 0.3 is 5.48 Å². The Hall–Kier alpha value is -3.48. The number of rotatable bonds is 7. The van der Waals surface area contributed by atoms with Crippen LogP contribution in [0.25, 0.3) is 0 Å². The number of ketones is 1. The lowest BCUT2D eigenvalue weighted by atomic mass is 9.66. The average molecular weight is 409 g/mol. The van der Waals surface area contributed by atoms with Gasteiger partial charge in [-0.2, -0.15) is 0 Å². The molecule has 30 heavy (non-hydrogen) atoms. The van der Waals surface area contributed by atoms with Crippen molar-refractivity contribution in [3.05, 3.63) is 138 Å². The van der Waals surface area contributed by atoms with Crippen LogP contribution in [0.15, 0.2) is 121 Å². The Morgan fingerprint density at radius 3 is 1.27 bits per heavy atom. The number of Topliss-reactive ketones (excluding diaryl/α,β-unsaturated/α-hetero) is 1. The zero-order chi connectivity index (χ0) is 20.8. The molecule has 4 aromatic carbocycles. The molecule has 4 aromatic rings. The molecular formula is C27H22O2P+. The Labute approximate surface area is 179 Å². The summed E-state index contributed by atoms with van der Waals surface area (Å²) in [4.78, 5) is 14.2. The highest BCUT2D eigenvalue weighted by Crippen LogP contribution is 2.40. The first-order valence-corrected chi connectivity index (χ1v) is 10.4. The second-order valence-corrected chi connectivity index (χ2v) is 7.48. The fraction of sp³-hybridized carbons (Fsp3) is 0.0370. The Morgan fingerprint density at radius 2 is 0.900 bits per heavy atom. The zero-order valence-electron chi connectivity index (χ0n) is 16.4. The Balaban J connectivity index is 1.93. The lowest BCUT2D eigenvalue weighted by molar-refractivity contribution is -0.116. The van der Waals surface area contributed by atoms with E-state index in [-0.39, 0.29) is 11.3 Å². The van der Waals surface area contributed by atoms with E-state index in [1.54, 1.807) is 0 Å². The van der Waals surface area contributed by atoms with Gasteiger partial charge in [-0.25, -0.2) is 0 Å². The molecule has 0 saturated heterocycles. The molecule has 2 nitrogen and oxygen atoms in total. The van der Waals surface area contributed by atoms with Crippen molar-refractivity contribution in [3.63, 3.8) is 0 Å². The van der Waals surface area contributed by atoms with Crippen molar-refractivity contribution in [2.45, 2.75) is 5.41 Å². The maximum absolute atomic E-state index is 14.2. The van der Waals surface area contributed by atoms with Gasteiger partial charge in [0.25, 0.3) is 5.78 Å². The van der Waals surface area contributed by atoms with Gasteiger partial charge in [-0.1, -0.05) is 109 Å². The van der Waals surface area contributed by atoms with Gasteiger partial charge in [0, 0.05) is 0 Å². The fourth-order valence-electron chi connectivity index (χ4n) is 3.80. The van der Waals surface area contributed by atoms with Gasteiger partial charge in [-0.05, 0) is 28.8 Å². The van der Waals surface area contributed by atoms with Crippen molar-refractivity contribution in [1.82, 2.24) is 0 Å². The third kappa shape index (κ3) is 3.70. The standard InChI is InChI=1S/C27H21O2P/c28-25(26(30)29-24-19-11-4-12-20-24)27(21-13-5-1-6-14-21,22-15-7-2-8-16-22)23-17-9-3-10-18-23/h1-20,30H/p+1. The van der Waals surface area contributed by atoms with Crippen molar-refractivity contribution in [1.29, 1.82) is 0 Å². The van der Waals surface area contributed by atoms with E-state index >= 15 is 0 Å². The van der Waals surface area contributed by atoms with E-state index in [1.165, 1.54) is 0 Å². The summed E-state index contributed by atoms with van der Waals surface area (Å²) < 4.78 is 5.98. The van der Waals surface area contributed by atoms with Crippen LogP contribution in [0, 0.1) is 0 Å². The molecule has 0 aliphatic rings. The maximum atomic E-state index is 14.2. The molecule has 0 heterocycles. The Bertz CT molecular complexity index is 1030. The van der Waals surface area contributed by atoms with Crippen LogP contribution in [-0.4, -0.2) is 11.3 Å². The van der Waals surface area contributed by atoms with E-state index in [1.807, 2.05) is 121 Å². The second-order valence-electron chi connectivity index (χ2n) is 6.96. The molecule has 0 aliphatic carbocycles. The van der Waals surface area contributed by atoms with Crippen LogP contribution in [0.2, 0.25) is 0 Å². The number of carbonyl (C=O) groups is 1. The summed E-state index contributed by atoms with van der Waals surface area (Å²) in [7, 11) is 2.51. The highest BCUT2D eigenvalue weighted by atomic mass is 31.0. The minimum atomic E-state index is -1.03. The van der Waals surface area contributed by atoms with Crippen molar-refractivity contribution >= 4 is 20.1 Å². The van der Waals surface area contributed by atoms with Crippen LogP contribution >= 0.6 is 8.86 Å². The third-order valence-corrected chi connectivity index (χ3v) is 5.54. The largest absolute Gasteiger partial charge is 0.419 e. The maximum Gasteiger partial charge on any atom is 0.338 e. The van der Waals surface area contributed by atoms with Crippen molar-refractivity contribution in [3.8, 4) is 5.75 Å².